The summed E-state index contributed by atoms with van der Waals surface area (Å²) in [5.41, 5.74) is 0.769. The molecule has 108 valence electrons. The van der Waals surface area contributed by atoms with Gasteiger partial charge in [0.25, 0.3) is 5.91 Å². The zero-order valence-corrected chi connectivity index (χ0v) is 11.7. The fourth-order valence-electron chi connectivity index (χ4n) is 2.74. The monoisotopic (exact) mass is 285 g/mol. The number of nitrogens with zero attached hydrogens (tertiary/aromatic N) is 1. The van der Waals surface area contributed by atoms with Crippen LogP contribution in [0, 0.1) is 5.82 Å². The van der Waals surface area contributed by atoms with Gasteiger partial charge in [-0.15, -0.1) is 0 Å². The third kappa shape index (κ3) is 2.43. The molecule has 0 radical (unpaired) electrons. The van der Waals surface area contributed by atoms with Crippen LogP contribution in [-0.2, 0) is 5.60 Å². The Bertz CT molecular complexity index is 697. The van der Waals surface area contributed by atoms with Crippen LogP contribution in [0.15, 0.2) is 48.5 Å². The topological polar surface area (TPSA) is 40.5 Å². The molecule has 1 N–H and O–H groups in total. The molecule has 1 amide bonds. The largest absolute Gasteiger partial charge is 0.385 e. The Morgan fingerprint density at radius 2 is 2.00 bits per heavy atom. The smallest absolute Gasteiger partial charge is 0.258 e. The van der Waals surface area contributed by atoms with Crippen molar-refractivity contribution < 1.29 is 14.3 Å². The number of carbonyl (C=O) groups excluding carboxylic acids is 1. The lowest BCUT2D eigenvalue weighted by Gasteiger charge is -2.38. The highest BCUT2D eigenvalue weighted by Gasteiger charge is 2.35. The van der Waals surface area contributed by atoms with Gasteiger partial charge in [-0.05, 0) is 37.6 Å². The van der Waals surface area contributed by atoms with Crippen molar-refractivity contribution in [1.29, 1.82) is 0 Å². The van der Waals surface area contributed by atoms with Crippen molar-refractivity contribution in [2.24, 2.45) is 0 Å². The molecular formula is C17H16FNO2. The second-order valence-corrected chi connectivity index (χ2v) is 5.51. The quantitative estimate of drug-likeness (QED) is 0.874. The lowest BCUT2D eigenvalue weighted by atomic mass is 9.87. The molecule has 0 spiro atoms. The van der Waals surface area contributed by atoms with Crippen LogP contribution >= 0.6 is 0 Å². The van der Waals surface area contributed by atoms with E-state index >= 15 is 0 Å². The van der Waals surface area contributed by atoms with Crippen LogP contribution < -0.4 is 4.90 Å². The molecule has 1 unspecified atom stereocenters. The van der Waals surface area contributed by atoms with Crippen molar-refractivity contribution in [3.63, 3.8) is 0 Å². The zero-order chi connectivity index (χ0) is 15.0. The van der Waals surface area contributed by atoms with Gasteiger partial charge < -0.3 is 10.0 Å². The Balaban J connectivity index is 2.03. The number of hydrogen-bond donors (Lipinski definition) is 1. The van der Waals surface area contributed by atoms with Gasteiger partial charge >= 0.3 is 0 Å². The number of halogens is 1. The van der Waals surface area contributed by atoms with E-state index in [0.717, 1.165) is 5.56 Å². The number of fused-ring (bicyclic) bond motifs is 1. The Kier molecular flexibility index (Phi) is 3.26. The minimum atomic E-state index is -0.949. The van der Waals surface area contributed by atoms with E-state index in [-0.39, 0.29) is 5.91 Å². The second kappa shape index (κ2) is 4.97. The van der Waals surface area contributed by atoms with E-state index in [0.29, 0.717) is 24.2 Å². The molecule has 1 atom stereocenters. The summed E-state index contributed by atoms with van der Waals surface area (Å²) in [5, 5.41) is 10.4. The highest BCUT2D eigenvalue weighted by atomic mass is 19.1. The lowest BCUT2D eigenvalue weighted by molar-refractivity contribution is 0.0450. The van der Waals surface area contributed by atoms with Gasteiger partial charge in [0, 0.05) is 17.7 Å². The van der Waals surface area contributed by atoms with Crippen LogP contribution in [0.2, 0.25) is 0 Å². The van der Waals surface area contributed by atoms with Gasteiger partial charge in [-0.1, -0.05) is 24.3 Å². The first-order valence-corrected chi connectivity index (χ1v) is 6.88. The Labute approximate surface area is 122 Å². The fourth-order valence-corrected chi connectivity index (χ4v) is 2.74. The van der Waals surface area contributed by atoms with E-state index in [1.54, 1.807) is 24.0 Å². The maximum absolute atomic E-state index is 13.3. The first-order chi connectivity index (χ1) is 9.99. The summed E-state index contributed by atoms with van der Waals surface area (Å²) in [5.74, 6) is -0.685. The average molecular weight is 285 g/mol. The highest BCUT2D eigenvalue weighted by Crippen LogP contribution is 2.38. The van der Waals surface area contributed by atoms with Crippen molar-refractivity contribution in [3.8, 4) is 0 Å². The number of carbonyl (C=O) groups is 1. The van der Waals surface area contributed by atoms with Crippen LogP contribution in [0.4, 0.5) is 10.1 Å². The molecule has 0 bridgehead atoms. The number of para-hydroxylation sites is 1. The molecular weight excluding hydrogens is 269 g/mol. The van der Waals surface area contributed by atoms with Gasteiger partial charge in [-0.25, -0.2) is 4.39 Å². The van der Waals surface area contributed by atoms with E-state index in [9.17, 15) is 14.3 Å². The molecule has 4 heteroatoms. The first-order valence-electron chi connectivity index (χ1n) is 6.88. The number of rotatable bonds is 1. The first kappa shape index (κ1) is 13.8. The molecule has 21 heavy (non-hydrogen) atoms. The number of anilines is 1. The summed E-state index contributed by atoms with van der Waals surface area (Å²) >= 11 is 0. The molecule has 2 aromatic rings. The molecule has 1 aliphatic heterocycles. The normalized spacial score (nSPS) is 21.0. The van der Waals surface area contributed by atoms with Crippen LogP contribution in [0.1, 0.15) is 29.3 Å². The van der Waals surface area contributed by atoms with E-state index in [4.69, 9.17) is 0 Å². The van der Waals surface area contributed by atoms with Gasteiger partial charge in [-0.2, -0.15) is 0 Å². The minimum absolute atomic E-state index is 0.252. The minimum Gasteiger partial charge on any atom is -0.385 e. The number of amides is 1. The maximum Gasteiger partial charge on any atom is 0.258 e. The molecule has 2 aromatic carbocycles. The maximum atomic E-state index is 13.3. The summed E-state index contributed by atoms with van der Waals surface area (Å²) < 4.78 is 13.3. The average Bonchev–Trinajstić information content (AvgIpc) is 2.47. The zero-order valence-electron chi connectivity index (χ0n) is 11.7. The molecule has 1 heterocycles. The standard InChI is InChI=1S/C17H16FNO2/c1-17(21)9-10-19(15-8-3-2-7-14(15)17)16(20)12-5-4-6-13(18)11-12/h2-8,11,21H,9-10H2,1H3. The van der Waals surface area contributed by atoms with Crippen molar-refractivity contribution in [3.05, 3.63) is 65.5 Å². The Morgan fingerprint density at radius 3 is 2.76 bits per heavy atom. The lowest BCUT2D eigenvalue weighted by Crippen LogP contribution is -2.42. The van der Waals surface area contributed by atoms with Crippen LogP contribution in [0.3, 0.4) is 0 Å². The molecule has 0 aromatic heterocycles. The predicted molar refractivity (Wildman–Crippen MR) is 78.7 cm³/mol. The fraction of sp³-hybridized carbons (Fsp3) is 0.235. The summed E-state index contributed by atoms with van der Waals surface area (Å²) in [6.07, 6.45) is 0.449. The summed E-state index contributed by atoms with van der Waals surface area (Å²) in [7, 11) is 0. The summed E-state index contributed by atoms with van der Waals surface area (Å²) in [6, 6.07) is 13.0. The van der Waals surface area contributed by atoms with E-state index in [1.165, 1.54) is 18.2 Å². The molecule has 0 aliphatic carbocycles. The molecule has 0 saturated carbocycles. The molecule has 0 saturated heterocycles. The van der Waals surface area contributed by atoms with Crippen molar-refractivity contribution in [2.75, 3.05) is 11.4 Å². The molecule has 0 fully saturated rings. The van der Waals surface area contributed by atoms with Crippen LogP contribution in [0.5, 0.6) is 0 Å². The van der Waals surface area contributed by atoms with Crippen molar-refractivity contribution >= 4 is 11.6 Å². The van der Waals surface area contributed by atoms with Gasteiger partial charge in [0.1, 0.15) is 5.82 Å². The number of benzene rings is 2. The van der Waals surface area contributed by atoms with Crippen LogP contribution in [-0.4, -0.2) is 17.6 Å². The molecule has 3 rings (SSSR count). The molecule has 3 nitrogen and oxygen atoms in total. The Morgan fingerprint density at radius 1 is 1.24 bits per heavy atom. The van der Waals surface area contributed by atoms with E-state index in [1.807, 2.05) is 18.2 Å². The molecule has 1 aliphatic rings. The summed E-state index contributed by atoms with van der Waals surface area (Å²) in [4.78, 5) is 14.2. The second-order valence-electron chi connectivity index (χ2n) is 5.51. The third-order valence-electron chi connectivity index (χ3n) is 3.91. The van der Waals surface area contributed by atoms with Crippen LogP contribution in [0.25, 0.3) is 0 Å². The van der Waals surface area contributed by atoms with Gasteiger partial charge in [0.15, 0.2) is 0 Å². The van der Waals surface area contributed by atoms with Crippen molar-refractivity contribution in [2.45, 2.75) is 18.9 Å². The number of hydrogen-bond acceptors (Lipinski definition) is 2. The highest BCUT2D eigenvalue weighted by molar-refractivity contribution is 6.06. The Hall–Kier alpha value is -2.20. The van der Waals surface area contributed by atoms with E-state index in [2.05, 4.69) is 0 Å². The van der Waals surface area contributed by atoms with Gasteiger partial charge in [-0.3, -0.25) is 4.79 Å². The van der Waals surface area contributed by atoms with Gasteiger partial charge in [0.05, 0.1) is 11.3 Å². The predicted octanol–water partition coefficient (Wildman–Crippen LogP) is 3.08. The summed E-state index contributed by atoms with van der Waals surface area (Å²) in [6.45, 7) is 2.15. The van der Waals surface area contributed by atoms with Gasteiger partial charge in [0.2, 0.25) is 0 Å². The van der Waals surface area contributed by atoms with E-state index < -0.39 is 11.4 Å². The third-order valence-corrected chi connectivity index (χ3v) is 3.91. The SMILES string of the molecule is CC1(O)CCN(C(=O)c2cccc(F)c2)c2ccccc21. The number of aliphatic hydroxyl groups is 1. The van der Waals surface area contributed by atoms with Crippen molar-refractivity contribution in [1.82, 2.24) is 0 Å².